The van der Waals surface area contributed by atoms with Gasteiger partial charge in [0.2, 0.25) is 5.95 Å². The van der Waals surface area contributed by atoms with E-state index in [4.69, 9.17) is 5.73 Å². The van der Waals surface area contributed by atoms with Crippen molar-refractivity contribution in [2.45, 2.75) is 6.54 Å². The first-order valence-corrected chi connectivity index (χ1v) is 5.62. The first-order chi connectivity index (χ1) is 8.58. The van der Waals surface area contributed by atoms with Gasteiger partial charge in [-0.1, -0.05) is 12.1 Å². The van der Waals surface area contributed by atoms with Crippen LogP contribution < -0.4 is 5.73 Å². The molecule has 18 heavy (non-hydrogen) atoms. The van der Waals surface area contributed by atoms with Crippen molar-refractivity contribution < 1.29 is 5.11 Å². The number of aromatic nitrogens is 2. The molecule has 2 rings (SSSR count). The zero-order valence-electron chi connectivity index (χ0n) is 10.5. The number of benzene rings is 1. The SMILES string of the molecule is CN(C)Cc1cnc(N)nc1-c1ccccc1O. The molecule has 0 unspecified atom stereocenters. The van der Waals surface area contributed by atoms with Crippen molar-refractivity contribution in [3.8, 4) is 17.0 Å². The number of phenolic OH excluding ortho intramolecular Hbond substituents is 1. The smallest absolute Gasteiger partial charge is 0.220 e. The third-order valence-corrected chi connectivity index (χ3v) is 2.53. The third kappa shape index (κ3) is 2.57. The maximum atomic E-state index is 9.90. The normalized spacial score (nSPS) is 10.8. The second-order valence-electron chi connectivity index (χ2n) is 4.36. The minimum Gasteiger partial charge on any atom is -0.507 e. The van der Waals surface area contributed by atoms with E-state index in [-0.39, 0.29) is 11.7 Å². The molecule has 94 valence electrons. The highest BCUT2D eigenvalue weighted by atomic mass is 16.3. The van der Waals surface area contributed by atoms with Crippen LogP contribution in [0.3, 0.4) is 0 Å². The number of nitrogen functional groups attached to an aromatic ring is 1. The van der Waals surface area contributed by atoms with E-state index in [0.717, 1.165) is 5.56 Å². The molecule has 0 aliphatic carbocycles. The number of phenols is 1. The standard InChI is InChI=1S/C13H16N4O/c1-17(2)8-9-7-15-13(14)16-12(9)10-5-3-4-6-11(10)18/h3-7,18H,8H2,1-2H3,(H2,14,15,16). The van der Waals surface area contributed by atoms with Gasteiger partial charge in [-0.05, 0) is 26.2 Å². The third-order valence-electron chi connectivity index (χ3n) is 2.53. The van der Waals surface area contributed by atoms with Gasteiger partial charge in [0.05, 0.1) is 5.69 Å². The summed E-state index contributed by atoms with van der Waals surface area (Å²) in [6, 6.07) is 7.07. The summed E-state index contributed by atoms with van der Waals surface area (Å²) in [5, 5.41) is 9.90. The molecule has 3 N–H and O–H groups in total. The molecule has 0 radical (unpaired) electrons. The van der Waals surface area contributed by atoms with E-state index in [9.17, 15) is 5.11 Å². The Morgan fingerprint density at radius 1 is 1.28 bits per heavy atom. The topological polar surface area (TPSA) is 75.3 Å². The molecule has 2 aromatic rings. The minimum absolute atomic E-state index is 0.190. The van der Waals surface area contributed by atoms with Crippen LogP contribution in [0.4, 0.5) is 5.95 Å². The lowest BCUT2D eigenvalue weighted by Gasteiger charge is -2.14. The van der Waals surface area contributed by atoms with Crippen LogP contribution >= 0.6 is 0 Å². The average molecular weight is 244 g/mol. The van der Waals surface area contributed by atoms with Crippen molar-refractivity contribution in [1.29, 1.82) is 0 Å². The summed E-state index contributed by atoms with van der Waals surface area (Å²) in [6.45, 7) is 0.684. The van der Waals surface area contributed by atoms with Crippen molar-refractivity contribution in [3.63, 3.8) is 0 Å². The van der Waals surface area contributed by atoms with Gasteiger partial charge >= 0.3 is 0 Å². The monoisotopic (exact) mass is 244 g/mol. The predicted molar refractivity (Wildman–Crippen MR) is 70.9 cm³/mol. The van der Waals surface area contributed by atoms with Crippen LogP contribution in [-0.4, -0.2) is 34.1 Å². The fraction of sp³-hybridized carbons (Fsp3) is 0.231. The molecule has 0 saturated heterocycles. The van der Waals surface area contributed by atoms with E-state index in [0.29, 0.717) is 17.8 Å². The van der Waals surface area contributed by atoms with Gasteiger partial charge in [0.15, 0.2) is 0 Å². The Kier molecular flexibility index (Phi) is 3.43. The number of anilines is 1. The van der Waals surface area contributed by atoms with Gasteiger partial charge in [-0.3, -0.25) is 0 Å². The summed E-state index contributed by atoms with van der Waals surface area (Å²) in [5.41, 5.74) is 7.90. The number of para-hydroxylation sites is 1. The van der Waals surface area contributed by atoms with Crippen LogP contribution in [-0.2, 0) is 6.54 Å². The summed E-state index contributed by atoms with van der Waals surface area (Å²) in [5.74, 6) is 0.395. The number of nitrogens with two attached hydrogens (primary N) is 1. The quantitative estimate of drug-likeness (QED) is 0.855. The molecule has 0 aliphatic rings. The lowest BCUT2D eigenvalue weighted by molar-refractivity contribution is 0.401. The maximum absolute atomic E-state index is 9.90. The van der Waals surface area contributed by atoms with Gasteiger partial charge in [-0.15, -0.1) is 0 Å². The molecule has 0 aliphatic heterocycles. The molecule has 0 fully saturated rings. The molecule has 1 heterocycles. The van der Waals surface area contributed by atoms with E-state index in [1.807, 2.05) is 31.1 Å². The fourth-order valence-corrected chi connectivity index (χ4v) is 1.78. The maximum Gasteiger partial charge on any atom is 0.220 e. The van der Waals surface area contributed by atoms with Crippen molar-refractivity contribution in [2.24, 2.45) is 0 Å². The number of aromatic hydroxyl groups is 1. The number of rotatable bonds is 3. The molecule has 1 aromatic heterocycles. The number of nitrogens with zero attached hydrogens (tertiary/aromatic N) is 3. The summed E-state index contributed by atoms with van der Waals surface area (Å²) < 4.78 is 0. The van der Waals surface area contributed by atoms with Gasteiger partial charge < -0.3 is 15.7 Å². The van der Waals surface area contributed by atoms with Crippen molar-refractivity contribution >= 4 is 5.95 Å². The van der Waals surface area contributed by atoms with Crippen LogP contribution in [0.2, 0.25) is 0 Å². The molecular weight excluding hydrogens is 228 g/mol. The molecule has 5 nitrogen and oxygen atoms in total. The van der Waals surface area contributed by atoms with Gasteiger partial charge in [0.1, 0.15) is 5.75 Å². The van der Waals surface area contributed by atoms with Crippen LogP contribution in [0.25, 0.3) is 11.3 Å². The Hall–Kier alpha value is -2.14. The first-order valence-electron chi connectivity index (χ1n) is 5.62. The van der Waals surface area contributed by atoms with E-state index in [2.05, 4.69) is 9.97 Å². The lowest BCUT2D eigenvalue weighted by atomic mass is 10.1. The summed E-state index contributed by atoms with van der Waals surface area (Å²) in [4.78, 5) is 10.3. The van der Waals surface area contributed by atoms with Crippen LogP contribution in [0.1, 0.15) is 5.56 Å². The lowest BCUT2D eigenvalue weighted by Crippen LogP contribution is -2.13. The molecule has 0 bridgehead atoms. The highest BCUT2D eigenvalue weighted by molar-refractivity contribution is 5.69. The Morgan fingerprint density at radius 3 is 2.67 bits per heavy atom. The molecule has 0 spiro atoms. The van der Waals surface area contributed by atoms with Crippen LogP contribution in [0.5, 0.6) is 5.75 Å². The Morgan fingerprint density at radius 2 is 2.00 bits per heavy atom. The molecule has 0 saturated carbocycles. The van der Waals surface area contributed by atoms with E-state index in [1.165, 1.54) is 0 Å². The van der Waals surface area contributed by atoms with Gasteiger partial charge in [-0.2, -0.15) is 0 Å². The second-order valence-corrected chi connectivity index (χ2v) is 4.36. The van der Waals surface area contributed by atoms with Crippen molar-refractivity contribution in [1.82, 2.24) is 14.9 Å². The first kappa shape index (κ1) is 12.3. The van der Waals surface area contributed by atoms with Crippen molar-refractivity contribution in [3.05, 3.63) is 36.0 Å². The Labute approximate surface area is 106 Å². The van der Waals surface area contributed by atoms with E-state index in [1.54, 1.807) is 18.3 Å². The zero-order valence-corrected chi connectivity index (χ0v) is 10.5. The summed E-state index contributed by atoms with van der Waals surface area (Å²) >= 11 is 0. The molecule has 0 amide bonds. The Balaban J connectivity index is 2.55. The number of hydrogen-bond acceptors (Lipinski definition) is 5. The second kappa shape index (κ2) is 5.01. The Bertz CT molecular complexity index is 554. The van der Waals surface area contributed by atoms with Crippen LogP contribution in [0, 0.1) is 0 Å². The molecule has 5 heteroatoms. The molecule has 1 aromatic carbocycles. The summed E-state index contributed by atoms with van der Waals surface area (Å²) in [7, 11) is 3.93. The predicted octanol–water partition coefficient (Wildman–Crippen LogP) is 1.49. The van der Waals surface area contributed by atoms with Crippen molar-refractivity contribution in [2.75, 3.05) is 19.8 Å². The highest BCUT2D eigenvalue weighted by Crippen LogP contribution is 2.30. The molecular formula is C13H16N4O. The van der Waals surface area contributed by atoms with Gasteiger partial charge in [0, 0.05) is 23.9 Å². The minimum atomic E-state index is 0.190. The summed E-state index contributed by atoms with van der Waals surface area (Å²) in [6.07, 6.45) is 1.70. The van der Waals surface area contributed by atoms with Gasteiger partial charge in [-0.25, -0.2) is 9.97 Å². The van der Waals surface area contributed by atoms with E-state index >= 15 is 0 Å². The highest BCUT2D eigenvalue weighted by Gasteiger charge is 2.12. The molecule has 0 atom stereocenters. The average Bonchev–Trinajstić information content (AvgIpc) is 2.32. The zero-order chi connectivity index (χ0) is 13.1. The van der Waals surface area contributed by atoms with Crippen LogP contribution in [0.15, 0.2) is 30.5 Å². The fourth-order valence-electron chi connectivity index (χ4n) is 1.78. The van der Waals surface area contributed by atoms with E-state index < -0.39 is 0 Å². The largest absolute Gasteiger partial charge is 0.507 e. The van der Waals surface area contributed by atoms with Gasteiger partial charge in [0.25, 0.3) is 0 Å². The number of hydrogen-bond donors (Lipinski definition) is 2.